The summed E-state index contributed by atoms with van der Waals surface area (Å²) in [6.45, 7) is 0. The van der Waals surface area contributed by atoms with Gasteiger partial charge in [-0.2, -0.15) is 4.57 Å². The Morgan fingerprint density at radius 2 is 1.75 bits per heavy atom. The number of oxazole rings is 1. The van der Waals surface area contributed by atoms with Gasteiger partial charge in [0, 0.05) is 0 Å². The molecule has 1 amide bonds. The van der Waals surface area contributed by atoms with Gasteiger partial charge in [0.25, 0.3) is 0 Å². The number of fused-ring (bicyclic) bond motifs is 1. The first-order chi connectivity index (χ1) is 9.56. The molecule has 1 heterocycles. The van der Waals surface area contributed by atoms with Crippen LogP contribution in [0.5, 0.6) is 0 Å². The van der Waals surface area contributed by atoms with Crippen LogP contribution in [0.25, 0.3) is 22.2 Å². The van der Waals surface area contributed by atoms with E-state index in [2.05, 4.69) is 0 Å². The van der Waals surface area contributed by atoms with Gasteiger partial charge >= 0.3 is 11.8 Å². The molecule has 0 atom stereocenters. The van der Waals surface area contributed by atoms with Crippen LogP contribution >= 0.6 is 0 Å². The Hall–Kier alpha value is -2.89. The van der Waals surface area contributed by atoms with E-state index in [-0.39, 0.29) is 11.4 Å². The molecule has 0 saturated heterocycles. The van der Waals surface area contributed by atoms with Crippen molar-refractivity contribution >= 4 is 17.1 Å². The molecule has 0 saturated carbocycles. The molecule has 5 nitrogen and oxygen atoms in total. The minimum atomic E-state index is -0.900. The zero-order valence-corrected chi connectivity index (χ0v) is 10.2. The van der Waals surface area contributed by atoms with Crippen LogP contribution < -0.4 is 11.5 Å². The summed E-state index contributed by atoms with van der Waals surface area (Å²) < 4.78 is 18.6. The highest BCUT2D eigenvalue weighted by Gasteiger charge is 2.13. The SMILES string of the molecule is NC(=O)n1c(=O)oc2cc(-c3ccc(F)cc3)ccc21. The molecule has 0 fully saturated rings. The monoisotopic (exact) mass is 272 g/mol. The molecule has 0 aliphatic rings. The van der Waals surface area contributed by atoms with Crippen LogP contribution in [0.1, 0.15) is 0 Å². The lowest BCUT2D eigenvalue weighted by Gasteiger charge is -2.01. The van der Waals surface area contributed by atoms with Crippen LogP contribution in [0.15, 0.2) is 51.7 Å². The van der Waals surface area contributed by atoms with Crippen molar-refractivity contribution in [3.05, 3.63) is 58.8 Å². The van der Waals surface area contributed by atoms with Crippen molar-refractivity contribution in [2.75, 3.05) is 0 Å². The largest absolute Gasteiger partial charge is 0.428 e. The number of nitrogens with zero attached hydrogens (tertiary/aromatic N) is 1. The van der Waals surface area contributed by atoms with Gasteiger partial charge in [-0.15, -0.1) is 0 Å². The molecule has 0 radical (unpaired) electrons. The first kappa shape index (κ1) is 12.2. The maximum atomic E-state index is 12.9. The lowest BCUT2D eigenvalue weighted by atomic mass is 10.1. The van der Waals surface area contributed by atoms with Crippen molar-refractivity contribution in [2.24, 2.45) is 5.73 Å². The van der Waals surface area contributed by atoms with Gasteiger partial charge in [0.15, 0.2) is 5.58 Å². The molecular weight excluding hydrogens is 263 g/mol. The number of rotatable bonds is 1. The first-order valence-corrected chi connectivity index (χ1v) is 5.77. The number of carbonyl (C=O) groups is 1. The summed E-state index contributed by atoms with van der Waals surface area (Å²) in [4.78, 5) is 22.7. The summed E-state index contributed by atoms with van der Waals surface area (Å²) in [5.74, 6) is -1.16. The molecule has 3 rings (SSSR count). The number of carbonyl (C=O) groups excluding carboxylic acids is 1. The van der Waals surface area contributed by atoms with Crippen molar-refractivity contribution in [1.82, 2.24) is 4.57 Å². The Kier molecular flexibility index (Phi) is 2.64. The Bertz CT molecular complexity index is 862. The summed E-state index contributed by atoms with van der Waals surface area (Å²) in [6.07, 6.45) is 0. The topological polar surface area (TPSA) is 78.2 Å². The standard InChI is InChI=1S/C14H9FN2O3/c15-10-4-1-8(2-5-10)9-3-6-11-12(7-9)20-14(19)17(11)13(16)18/h1-7H,(H2,16,18). The molecule has 3 aromatic rings. The number of hydrogen-bond donors (Lipinski definition) is 1. The Morgan fingerprint density at radius 1 is 1.10 bits per heavy atom. The fraction of sp³-hybridized carbons (Fsp3) is 0. The lowest BCUT2D eigenvalue weighted by molar-refractivity contribution is 0.249. The van der Waals surface area contributed by atoms with Crippen molar-refractivity contribution in [2.45, 2.75) is 0 Å². The maximum Gasteiger partial charge on any atom is 0.428 e. The zero-order chi connectivity index (χ0) is 14.3. The third-order valence-corrected chi connectivity index (χ3v) is 2.98. The van der Waals surface area contributed by atoms with Gasteiger partial charge in [-0.3, -0.25) is 0 Å². The highest BCUT2D eigenvalue weighted by Crippen LogP contribution is 2.24. The van der Waals surface area contributed by atoms with Crippen molar-refractivity contribution in [3.8, 4) is 11.1 Å². The van der Waals surface area contributed by atoms with E-state index in [1.807, 2.05) is 0 Å². The molecule has 2 N–H and O–H groups in total. The van der Waals surface area contributed by atoms with Crippen LogP contribution in [0.3, 0.4) is 0 Å². The van der Waals surface area contributed by atoms with Crippen molar-refractivity contribution in [1.29, 1.82) is 0 Å². The van der Waals surface area contributed by atoms with Crippen LogP contribution in [0.4, 0.5) is 9.18 Å². The van der Waals surface area contributed by atoms with Gasteiger partial charge in [0.2, 0.25) is 0 Å². The number of halogens is 1. The molecule has 0 bridgehead atoms. The number of primary amides is 1. The maximum absolute atomic E-state index is 12.9. The van der Waals surface area contributed by atoms with E-state index < -0.39 is 11.8 Å². The second kappa shape index (κ2) is 4.34. The fourth-order valence-electron chi connectivity index (χ4n) is 2.05. The minimum Gasteiger partial charge on any atom is -0.407 e. The van der Waals surface area contributed by atoms with Gasteiger partial charge in [-0.05, 0) is 35.4 Å². The average Bonchev–Trinajstić information content (AvgIpc) is 2.74. The number of nitrogens with two attached hydrogens (primary N) is 1. The van der Waals surface area contributed by atoms with Crippen molar-refractivity contribution < 1.29 is 13.6 Å². The molecule has 2 aromatic carbocycles. The lowest BCUT2D eigenvalue weighted by Crippen LogP contribution is -2.28. The molecule has 0 aliphatic carbocycles. The molecule has 0 aliphatic heterocycles. The van der Waals surface area contributed by atoms with E-state index >= 15 is 0 Å². The highest BCUT2D eigenvalue weighted by molar-refractivity contribution is 5.89. The Balaban J connectivity index is 2.19. The average molecular weight is 272 g/mol. The molecule has 0 spiro atoms. The van der Waals surface area contributed by atoms with Crippen LogP contribution in [-0.4, -0.2) is 10.6 Å². The van der Waals surface area contributed by atoms with Gasteiger partial charge in [-0.25, -0.2) is 14.0 Å². The normalized spacial score (nSPS) is 10.8. The molecule has 100 valence electrons. The van der Waals surface area contributed by atoms with Crippen molar-refractivity contribution in [3.63, 3.8) is 0 Å². The van der Waals surface area contributed by atoms with E-state index in [0.29, 0.717) is 5.52 Å². The zero-order valence-electron chi connectivity index (χ0n) is 10.2. The number of amides is 1. The van der Waals surface area contributed by atoms with Crippen LogP contribution in [0, 0.1) is 5.82 Å². The summed E-state index contributed by atoms with van der Waals surface area (Å²) in [5.41, 5.74) is 7.16. The van der Waals surface area contributed by atoms with Gasteiger partial charge in [0.1, 0.15) is 5.82 Å². The van der Waals surface area contributed by atoms with E-state index in [9.17, 15) is 14.0 Å². The van der Waals surface area contributed by atoms with Gasteiger partial charge in [0.05, 0.1) is 5.52 Å². The number of benzene rings is 2. The molecular formula is C14H9FN2O3. The molecule has 0 unspecified atom stereocenters. The van der Waals surface area contributed by atoms with E-state index in [4.69, 9.17) is 10.2 Å². The second-order valence-electron chi connectivity index (χ2n) is 4.23. The third-order valence-electron chi connectivity index (χ3n) is 2.98. The summed E-state index contributed by atoms with van der Waals surface area (Å²) in [6, 6.07) is 9.86. The van der Waals surface area contributed by atoms with Gasteiger partial charge < -0.3 is 10.2 Å². The van der Waals surface area contributed by atoms with Crippen LogP contribution in [-0.2, 0) is 0 Å². The van der Waals surface area contributed by atoms with E-state index in [1.54, 1.807) is 30.3 Å². The molecule has 1 aromatic heterocycles. The Labute approximate surface area is 112 Å². The fourth-order valence-corrected chi connectivity index (χ4v) is 2.05. The molecule has 6 heteroatoms. The quantitative estimate of drug-likeness (QED) is 0.738. The van der Waals surface area contributed by atoms with Gasteiger partial charge in [-0.1, -0.05) is 18.2 Å². The first-order valence-electron chi connectivity index (χ1n) is 5.77. The van der Waals surface area contributed by atoms with E-state index in [1.165, 1.54) is 12.1 Å². The number of aromatic nitrogens is 1. The van der Waals surface area contributed by atoms with Crippen LogP contribution in [0.2, 0.25) is 0 Å². The molecule has 20 heavy (non-hydrogen) atoms. The summed E-state index contributed by atoms with van der Waals surface area (Å²) in [5, 5.41) is 0. The Morgan fingerprint density at radius 3 is 2.40 bits per heavy atom. The predicted molar refractivity (Wildman–Crippen MR) is 70.8 cm³/mol. The minimum absolute atomic E-state index is 0.246. The second-order valence-corrected chi connectivity index (χ2v) is 4.23. The smallest absolute Gasteiger partial charge is 0.407 e. The predicted octanol–water partition coefficient (Wildman–Crippen LogP) is 2.33. The summed E-state index contributed by atoms with van der Waals surface area (Å²) in [7, 11) is 0. The highest BCUT2D eigenvalue weighted by atomic mass is 19.1. The third kappa shape index (κ3) is 1.87. The van der Waals surface area contributed by atoms with E-state index in [0.717, 1.165) is 15.7 Å². The summed E-state index contributed by atoms with van der Waals surface area (Å²) >= 11 is 0. The number of hydrogen-bond acceptors (Lipinski definition) is 3.